The molecule has 0 aliphatic heterocycles. The first-order chi connectivity index (χ1) is 10.6. The second kappa shape index (κ2) is 7.51. The van der Waals surface area contributed by atoms with Crippen molar-refractivity contribution in [3.05, 3.63) is 59.9 Å². The summed E-state index contributed by atoms with van der Waals surface area (Å²) in [5.41, 5.74) is 4.88. The van der Waals surface area contributed by atoms with Crippen LogP contribution in [0.4, 0.5) is 10.1 Å². The van der Waals surface area contributed by atoms with Crippen molar-refractivity contribution in [1.29, 1.82) is 0 Å². The maximum Gasteiger partial charge on any atom is 0.191 e. The van der Waals surface area contributed by atoms with Crippen molar-refractivity contribution < 1.29 is 9.13 Å². The zero-order chi connectivity index (χ0) is 15.9. The summed E-state index contributed by atoms with van der Waals surface area (Å²) < 4.78 is 18.2. The van der Waals surface area contributed by atoms with Crippen molar-refractivity contribution in [3.63, 3.8) is 0 Å². The van der Waals surface area contributed by atoms with Crippen LogP contribution in [0.15, 0.2) is 53.6 Å². The lowest BCUT2D eigenvalue weighted by molar-refractivity contribution is 0.415. The zero-order valence-electron chi connectivity index (χ0n) is 12.3. The Morgan fingerprint density at radius 3 is 2.55 bits per heavy atom. The Balaban J connectivity index is 1.95. The van der Waals surface area contributed by atoms with Crippen molar-refractivity contribution in [3.8, 4) is 5.75 Å². The van der Waals surface area contributed by atoms with Gasteiger partial charge in [-0.2, -0.15) is 5.10 Å². The number of anilines is 1. The van der Waals surface area contributed by atoms with E-state index in [4.69, 9.17) is 17.0 Å². The second-order valence-electron chi connectivity index (χ2n) is 4.50. The second-order valence-corrected chi connectivity index (χ2v) is 4.91. The molecule has 4 nitrogen and oxygen atoms in total. The highest BCUT2D eigenvalue weighted by atomic mass is 32.1. The van der Waals surface area contributed by atoms with Crippen molar-refractivity contribution in [1.82, 2.24) is 5.43 Å². The van der Waals surface area contributed by atoms with Gasteiger partial charge in [0.25, 0.3) is 0 Å². The molecule has 0 fully saturated rings. The van der Waals surface area contributed by atoms with Gasteiger partial charge in [0.05, 0.1) is 12.8 Å². The molecule has 6 heteroatoms. The molecule has 2 rings (SSSR count). The number of ether oxygens (including phenoxy) is 1. The van der Waals surface area contributed by atoms with Gasteiger partial charge in [-0.1, -0.05) is 12.1 Å². The van der Waals surface area contributed by atoms with Gasteiger partial charge < -0.3 is 10.1 Å². The Morgan fingerprint density at radius 1 is 1.18 bits per heavy atom. The summed E-state index contributed by atoms with van der Waals surface area (Å²) >= 11 is 5.16. The minimum atomic E-state index is -0.300. The Bertz CT molecular complexity index is 686. The summed E-state index contributed by atoms with van der Waals surface area (Å²) in [7, 11) is 1.61. The van der Waals surface area contributed by atoms with E-state index in [1.807, 2.05) is 24.3 Å². The largest absolute Gasteiger partial charge is 0.497 e. The lowest BCUT2D eigenvalue weighted by Gasteiger charge is -2.09. The predicted molar refractivity (Wildman–Crippen MR) is 91.0 cm³/mol. The number of hydrogen-bond acceptors (Lipinski definition) is 3. The van der Waals surface area contributed by atoms with E-state index in [2.05, 4.69) is 15.8 Å². The van der Waals surface area contributed by atoms with E-state index in [1.54, 1.807) is 26.2 Å². The summed E-state index contributed by atoms with van der Waals surface area (Å²) in [6, 6.07) is 13.6. The van der Waals surface area contributed by atoms with Gasteiger partial charge in [-0.25, -0.2) is 4.39 Å². The first-order valence-electron chi connectivity index (χ1n) is 6.60. The summed E-state index contributed by atoms with van der Waals surface area (Å²) in [6.45, 7) is 1.78. The molecule has 0 aromatic heterocycles. The molecule has 0 aliphatic carbocycles. The molecule has 114 valence electrons. The smallest absolute Gasteiger partial charge is 0.191 e. The van der Waals surface area contributed by atoms with Crippen LogP contribution >= 0.6 is 12.2 Å². The van der Waals surface area contributed by atoms with E-state index >= 15 is 0 Å². The molecule has 0 amide bonds. The number of nitrogens with zero attached hydrogens (tertiary/aromatic N) is 1. The molecule has 2 aromatic rings. The quantitative estimate of drug-likeness (QED) is 0.514. The van der Waals surface area contributed by atoms with Gasteiger partial charge in [0, 0.05) is 11.3 Å². The van der Waals surface area contributed by atoms with E-state index < -0.39 is 0 Å². The lowest BCUT2D eigenvalue weighted by Crippen LogP contribution is -2.24. The SMILES string of the molecule is COc1ccc(NC(=S)N/N=C(\C)c2cccc(F)c2)cc1. The van der Waals surface area contributed by atoms with Crippen LogP contribution in [-0.4, -0.2) is 17.9 Å². The van der Waals surface area contributed by atoms with Crippen LogP contribution in [0.2, 0.25) is 0 Å². The molecule has 2 aromatic carbocycles. The maximum absolute atomic E-state index is 13.2. The highest BCUT2D eigenvalue weighted by Gasteiger charge is 2.01. The molecule has 0 saturated carbocycles. The number of halogens is 1. The molecule has 22 heavy (non-hydrogen) atoms. The summed E-state index contributed by atoms with van der Waals surface area (Å²) in [6.07, 6.45) is 0. The molecule has 0 unspecified atom stereocenters. The van der Waals surface area contributed by atoms with Crippen LogP contribution in [0.1, 0.15) is 12.5 Å². The molecule has 0 aliphatic rings. The van der Waals surface area contributed by atoms with Gasteiger partial charge in [0.15, 0.2) is 5.11 Å². The Morgan fingerprint density at radius 2 is 1.91 bits per heavy atom. The summed E-state index contributed by atoms with van der Waals surface area (Å²) in [5.74, 6) is 0.468. The lowest BCUT2D eigenvalue weighted by atomic mass is 10.1. The summed E-state index contributed by atoms with van der Waals surface area (Å²) in [4.78, 5) is 0. The minimum Gasteiger partial charge on any atom is -0.497 e. The van der Waals surface area contributed by atoms with Crippen LogP contribution in [0.3, 0.4) is 0 Å². The van der Waals surface area contributed by atoms with E-state index in [0.717, 1.165) is 11.4 Å². The third-order valence-corrected chi connectivity index (χ3v) is 3.11. The number of benzene rings is 2. The number of thiocarbonyl (C=S) groups is 1. The van der Waals surface area contributed by atoms with Gasteiger partial charge >= 0.3 is 0 Å². The highest BCUT2D eigenvalue weighted by molar-refractivity contribution is 7.80. The molecule has 0 radical (unpaired) electrons. The molecule has 0 saturated heterocycles. The van der Waals surface area contributed by atoms with Gasteiger partial charge in [0.2, 0.25) is 0 Å². The topological polar surface area (TPSA) is 45.6 Å². The van der Waals surface area contributed by atoms with Crippen molar-refractivity contribution in [2.45, 2.75) is 6.92 Å². The van der Waals surface area contributed by atoms with E-state index in [1.165, 1.54) is 12.1 Å². The molecular formula is C16H16FN3OS. The van der Waals surface area contributed by atoms with Gasteiger partial charge in [0.1, 0.15) is 11.6 Å². The third kappa shape index (κ3) is 4.53. The fraction of sp³-hybridized carbons (Fsp3) is 0.125. The summed E-state index contributed by atoms with van der Waals surface area (Å²) in [5, 5.41) is 7.48. The predicted octanol–water partition coefficient (Wildman–Crippen LogP) is 3.54. The Kier molecular flexibility index (Phi) is 5.43. The van der Waals surface area contributed by atoms with Crippen molar-refractivity contribution >= 4 is 28.7 Å². The minimum absolute atomic E-state index is 0.300. The number of nitrogens with one attached hydrogen (secondary N) is 2. The number of methoxy groups -OCH3 is 1. The normalized spacial score (nSPS) is 11.0. The zero-order valence-corrected chi connectivity index (χ0v) is 13.1. The van der Waals surface area contributed by atoms with Gasteiger partial charge in [-0.15, -0.1) is 0 Å². The number of hydrazone groups is 1. The Hall–Kier alpha value is -2.47. The monoisotopic (exact) mass is 317 g/mol. The average molecular weight is 317 g/mol. The van der Waals surface area contributed by atoms with E-state index in [9.17, 15) is 4.39 Å². The molecule has 0 heterocycles. The molecule has 0 spiro atoms. The highest BCUT2D eigenvalue weighted by Crippen LogP contribution is 2.14. The first kappa shape index (κ1) is 15.9. The maximum atomic E-state index is 13.2. The van der Waals surface area contributed by atoms with Crippen LogP contribution in [0, 0.1) is 5.82 Å². The fourth-order valence-electron chi connectivity index (χ4n) is 1.75. The number of hydrogen-bond donors (Lipinski definition) is 2. The third-order valence-electron chi connectivity index (χ3n) is 2.92. The van der Waals surface area contributed by atoms with E-state index in [-0.39, 0.29) is 5.82 Å². The number of rotatable bonds is 4. The first-order valence-corrected chi connectivity index (χ1v) is 7.00. The standard InChI is InChI=1S/C16H16FN3OS/c1-11(12-4-3-5-13(17)10-12)19-20-16(22)18-14-6-8-15(21-2)9-7-14/h3-10H,1-2H3,(H2,18,20,22)/b19-11+. The molecule has 0 atom stereocenters. The van der Waals surface area contributed by atoms with Gasteiger partial charge in [-0.05, 0) is 55.5 Å². The van der Waals surface area contributed by atoms with E-state index in [0.29, 0.717) is 16.4 Å². The Labute approximate surface area is 134 Å². The van der Waals surface area contributed by atoms with Crippen LogP contribution in [0.5, 0.6) is 5.75 Å². The molecular weight excluding hydrogens is 301 g/mol. The van der Waals surface area contributed by atoms with Crippen LogP contribution in [-0.2, 0) is 0 Å². The van der Waals surface area contributed by atoms with Crippen molar-refractivity contribution in [2.24, 2.45) is 5.10 Å². The molecule has 2 N–H and O–H groups in total. The average Bonchev–Trinajstić information content (AvgIpc) is 2.53. The molecule has 0 bridgehead atoms. The van der Waals surface area contributed by atoms with Gasteiger partial charge in [-0.3, -0.25) is 5.43 Å². The van der Waals surface area contributed by atoms with Crippen molar-refractivity contribution in [2.75, 3.05) is 12.4 Å². The van der Waals surface area contributed by atoms with Crippen LogP contribution in [0.25, 0.3) is 0 Å². The van der Waals surface area contributed by atoms with Crippen LogP contribution < -0.4 is 15.5 Å². The fourth-order valence-corrected chi connectivity index (χ4v) is 1.91.